The zero-order valence-corrected chi connectivity index (χ0v) is 7.42. The number of carbonyl (C=O) groups excluding carboxylic acids is 1. The van der Waals surface area contributed by atoms with Crippen LogP contribution in [-0.2, 0) is 4.79 Å². The normalized spacial score (nSPS) is 32.3. The van der Waals surface area contributed by atoms with Gasteiger partial charge < -0.3 is 10.2 Å². The van der Waals surface area contributed by atoms with Crippen molar-refractivity contribution < 1.29 is 4.79 Å². The van der Waals surface area contributed by atoms with Crippen molar-refractivity contribution in [1.29, 1.82) is 0 Å². The third kappa shape index (κ3) is 1.71. The minimum atomic E-state index is 0.182. The van der Waals surface area contributed by atoms with Gasteiger partial charge in [-0.05, 0) is 13.0 Å². The SMILES string of the molecule is CNC(=O)[C@@H]1CN(C)C[C@H]1C. The number of hydrogen-bond donors (Lipinski definition) is 1. The van der Waals surface area contributed by atoms with Crippen LogP contribution in [0, 0.1) is 11.8 Å². The van der Waals surface area contributed by atoms with Crippen molar-refractivity contribution in [2.24, 2.45) is 11.8 Å². The van der Waals surface area contributed by atoms with E-state index in [2.05, 4.69) is 24.2 Å². The zero-order valence-electron chi connectivity index (χ0n) is 7.42. The Bertz CT molecular complexity index is 158. The van der Waals surface area contributed by atoms with E-state index in [0.29, 0.717) is 5.92 Å². The third-order valence-electron chi connectivity index (χ3n) is 2.38. The van der Waals surface area contributed by atoms with Gasteiger partial charge in [0.1, 0.15) is 0 Å². The van der Waals surface area contributed by atoms with Crippen molar-refractivity contribution in [1.82, 2.24) is 10.2 Å². The van der Waals surface area contributed by atoms with Crippen molar-refractivity contribution in [3.63, 3.8) is 0 Å². The number of nitrogens with one attached hydrogen (secondary N) is 1. The maximum atomic E-state index is 11.2. The molecule has 1 heterocycles. The first-order valence-corrected chi connectivity index (χ1v) is 4.05. The molecule has 0 aliphatic carbocycles. The summed E-state index contributed by atoms with van der Waals surface area (Å²) >= 11 is 0. The Kier molecular flexibility index (Phi) is 2.49. The number of hydrogen-bond acceptors (Lipinski definition) is 2. The summed E-state index contributed by atoms with van der Waals surface area (Å²) in [5, 5.41) is 2.69. The smallest absolute Gasteiger partial charge is 0.224 e. The van der Waals surface area contributed by atoms with E-state index in [1.54, 1.807) is 7.05 Å². The highest BCUT2D eigenvalue weighted by molar-refractivity contribution is 5.79. The summed E-state index contributed by atoms with van der Waals surface area (Å²) in [6.07, 6.45) is 0. The number of likely N-dealkylation sites (tertiary alicyclic amines) is 1. The van der Waals surface area contributed by atoms with Gasteiger partial charge in [0.2, 0.25) is 5.91 Å². The average Bonchev–Trinajstić information content (AvgIpc) is 2.28. The minimum absolute atomic E-state index is 0.182. The maximum absolute atomic E-state index is 11.2. The lowest BCUT2D eigenvalue weighted by Crippen LogP contribution is -2.31. The van der Waals surface area contributed by atoms with Crippen LogP contribution < -0.4 is 5.32 Å². The van der Waals surface area contributed by atoms with Crippen LogP contribution in [-0.4, -0.2) is 38.0 Å². The fourth-order valence-electron chi connectivity index (χ4n) is 1.74. The molecule has 1 saturated heterocycles. The molecule has 1 aliphatic heterocycles. The van der Waals surface area contributed by atoms with Crippen molar-refractivity contribution in [3.8, 4) is 0 Å². The van der Waals surface area contributed by atoms with Gasteiger partial charge in [-0.15, -0.1) is 0 Å². The van der Waals surface area contributed by atoms with Crippen LogP contribution >= 0.6 is 0 Å². The lowest BCUT2D eigenvalue weighted by molar-refractivity contribution is -0.125. The van der Waals surface area contributed by atoms with Gasteiger partial charge in [0.05, 0.1) is 5.92 Å². The molecule has 0 unspecified atom stereocenters. The van der Waals surface area contributed by atoms with Gasteiger partial charge in [-0.1, -0.05) is 6.92 Å². The molecule has 0 aromatic carbocycles. The Balaban J connectivity index is 2.52. The summed E-state index contributed by atoms with van der Waals surface area (Å²) in [5.74, 6) is 0.881. The number of carbonyl (C=O) groups is 1. The van der Waals surface area contributed by atoms with Gasteiger partial charge in [-0.25, -0.2) is 0 Å². The van der Waals surface area contributed by atoms with E-state index >= 15 is 0 Å². The van der Waals surface area contributed by atoms with Crippen LogP contribution in [0.15, 0.2) is 0 Å². The second-order valence-electron chi connectivity index (χ2n) is 3.42. The molecule has 0 radical (unpaired) electrons. The fourth-order valence-corrected chi connectivity index (χ4v) is 1.74. The van der Waals surface area contributed by atoms with Crippen molar-refractivity contribution in [2.45, 2.75) is 6.92 Å². The summed E-state index contributed by atoms with van der Waals surface area (Å²) in [5.41, 5.74) is 0. The van der Waals surface area contributed by atoms with Crippen LogP contribution in [0.2, 0.25) is 0 Å². The van der Waals surface area contributed by atoms with Gasteiger partial charge in [-0.2, -0.15) is 0 Å². The van der Waals surface area contributed by atoms with Gasteiger partial charge in [0.25, 0.3) is 0 Å². The predicted molar refractivity (Wildman–Crippen MR) is 44.2 cm³/mol. The molecule has 0 aromatic rings. The van der Waals surface area contributed by atoms with Gasteiger partial charge in [0.15, 0.2) is 0 Å². The average molecular weight is 156 g/mol. The molecule has 11 heavy (non-hydrogen) atoms. The molecule has 0 saturated carbocycles. The van der Waals surface area contributed by atoms with Crippen molar-refractivity contribution in [2.75, 3.05) is 27.2 Å². The van der Waals surface area contributed by atoms with E-state index in [0.717, 1.165) is 13.1 Å². The zero-order chi connectivity index (χ0) is 8.43. The second kappa shape index (κ2) is 3.22. The molecule has 0 bridgehead atoms. The first kappa shape index (κ1) is 8.53. The molecule has 1 rings (SSSR count). The highest BCUT2D eigenvalue weighted by Crippen LogP contribution is 2.21. The summed E-state index contributed by atoms with van der Waals surface area (Å²) in [6.45, 7) is 4.07. The Labute approximate surface area is 67.8 Å². The molecule has 3 heteroatoms. The molecular weight excluding hydrogens is 140 g/mol. The standard InChI is InChI=1S/C8H16N2O/c1-6-4-10(3)5-7(6)8(11)9-2/h6-7H,4-5H2,1-3H3,(H,9,11)/t6-,7-/m1/s1. The molecular formula is C8H16N2O. The molecule has 3 nitrogen and oxygen atoms in total. The molecule has 2 atom stereocenters. The predicted octanol–water partition coefficient (Wildman–Crippen LogP) is -0.0699. The lowest BCUT2D eigenvalue weighted by Gasteiger charge is -2.11. The van der Waals surface area contributed by atoms with E-state index in [-0.39, 0.29) is 11.8 Å². The van der Waals surface area contributed by atoms with Crippen molar-refractivity contribution in [3.05, 3.63) is 0 Å². The van der Waals surface area contributed by atoms with E-state index in [1.807, 2.05) is 0 Å². The summed E-state index contributed by atoms with van der Waals surface area (Å²) in [4.78, 5) is 13.4. The first-order valence-electron chi connectivity index (χ1n) is 4.05. The highest BCUT2D eigenvalue weighted by Gasteiger charge is 2.31. The van der Waals surface area contributed by atoms with Crippen LogP contribution in [0.5, 0.6) is 0 Å². The van der Waals surface area contributed by atoms with E-state index < -0.39 is 0 Å². The number of rotatable bonds is 1. The monoisotopic (exact) mass is 156 g/mol. The molecule has 1 fully saturated rings. The van der Waals surface area contributed by atoms with Gasteiger partial charge in [0, 0.05) is 20.1 Å². The largest absolute Gasteiger partial charge is 0.359 e. The van der Waals surface area contributed by atoms with Crippen LogP contribution in [0.25, 0.3) is 0 Å². The van der Waals surface area contributed by atoms with Crippen molar-refractivity contribution >= 4 is 5.91 Å². The number of nitrogens with zero attached hydrogens (tertiary/aromatic N) is 1. The molecule has 0 spiro atoms. The molecule has 1 N–H and O–H groups in total. The molecule has 0 aromatic heterocycles. The maximum Gasteiger partial charge on any atom is 0.224 e. The van der Waals surface area contributed by atoms with Gasteiger partial charge in [-0.3, -0.25) is 4.79 Å². The third-order valence-corrected chi connectivity index (χ3v) is 2.38. The summed E-state index contributed by atoms with van der Waals surface area (Å²) in [6, 6.07) is 0. The highest BCUT2D eigenvalue weighted by atomic mass is 16.1. The van der Waals surface area contributed by atoms with Crippen LogP contribution in [0.3, 0.4) is 0 Å². The summed E-state index contributed by atoms with van der Waals surface area (Å²) < 4.78 is 0. The lowest BCUT2D eigenvalue weighted by atomic mass is 9.98. The molecule has 1 amide bonds. The van der Waals surface area contributed by atoms with Crippen LogP contribution in [0.1, 0.15) is 6.92 Å². The topological polar surface area (TPSA) is 32.3 Å². The van der Waals surface area contributed by atoms with E-state index in [4.69, 9.17) is 0 Å². The Morgan fingerprint density at radius 3 is 2.55 bits per heavy atom. The minimum Gasteiger partial charge on any atom is -0.359 e. The Hall–Kier alpha value is -0.570. The second-order valence-corrected chi connectivity index (χ2v) is 3.42. The molecule has 64 valence electrons. The van der Waals surface area contributed by atoms with Gasteiger partial charge >= 0.3 is 0 Å². The Morgan fingerprint density at radius 2 is 2.18 bits per heavy atom. The molecule has 1 aliphatic rings. The van der Waals surface area contributed by atoms with E-state index in [9.17, 15) is 4.79 Å². The quantitative estimate of drug-likeness (QED) is 0.576. The van der Waals surface area contributed by atoms with Crippen LogP contribution in [0.4, 0.5) is 0 Å². The Morgan fingerprint density at radius 1 is 1.55 bits per heavy atom. The first-order chi connectivity index (χ1) is 5.15. The van der Waals surface area contributed by atoms with E-state index in [1.165, 1.54) is 0 Å². The number of amides is 1. The fraction of sp³-hybridized carbons (Fsp3) is 0.875. The summed E-state index contributed by atoms with van der Waals surface area (Å²) in [7, 11) is 3.76.